The number of amides is 3. The van der Waals surface area contributed by atoms with E-state index in [1.807, 2.05) is 0 Å². The number of imidazole rings is 1. The second-order valence-electron chi connectivity index (χ2n) is 5.49. The SMILES string of the molecule is CC(N)C(=O)NC(Cc1cnc[nH]1)C(=O)NCC(=O)NC(CS)C(=O)O. The number of carbonyl (C=O) groups is 4. The molecule has 1 aromatic rings. The molecule has 26 heavy (non-hydrogen) atoms. The summed E-state index contributed by atoms with van der Waals surface area (Å²) in [6.45, 7) is 1.02. The molecule has 3 amide bonds. The van der Waals surface area contributed by atoms with Crippen LogP contribution in [-0.2, 0) is 25.6 Å². The molecule has 0 spiro atoms. The average Bonchev–Trinajstić information content (AvgIpc) is 3.09. The van der Waals surface area contributed by atoms with Gasteiger partial charge in [0.1, 0.15) is 12.1 Å². The van der Waals surface area contributed by atoms with Crippen molar-refractivity contribution >= 4 is 36.3 Å². The van der Waals surface area contributed by atoms with Crippen LogP contribution >= 0.6 is 12.6 Å². The highest BCUT2D eigenvalue weighted by molar-refractivity contribution is 7.80. The van der Waals surface area contributed by atoms with Crippen molar-refractivity contribution in [3.8, 4) is 0 Å². The number of carbonyl (C=O) groups excluding carboxylic acids is 3. The summed E-state index contributed by atoms with van der Waals surface area (Å²) < 4.78 is 0. The van der Waals surface area contributed by atoms with Gasteiger partial charge in [0, 0.05) is 24.1 Å². The van der Waals surface area contributed by atoms with Gasteiger partial charge in [0.25, 0.3) is 0 Å². The third-order valence-corrected chi connectivity index (χ3v) is 3.63. The van der Waals surface area contributed by atoms with E-state index >= 15 is 0 Å². The molecule has 0 aliphatic heterocycles. The van der Waals surface area contributed by atoms with Crippen LogP contribution in [0.4, 0.5) is 0 Å². The van der Waals surface area contributed by atoms with Gasteiger partial charge in [-0.25, -0.2) is 9.78 Å². The molecule has 1 heterocycles. The summed E-state index contributed by atoms with van der Waals surface area (Å²) in [4.78, 5) is 53.3. The van der Waals surface area contributed by atoms with Gasteiger partial charge < -0.3 is 31.8 Å². The highest BCUT2D eigenvalue weighted by Gasteiger charge is 2.24. The van der Waals surface area contributed by atoms with E-state index in [2.05, 4.69) is 38.5 Å². The molecule has 11 nitrogen and oxygen atoms in total. The highest BCUT2D eigenvalue weighted by atomic mass is 32.1. The van der Waals surface area contributed by atoms with Gasteiger partial charge in [0.2, 0.25) is 17.7 Å². The van der Waals surface area contributed by atoms with Crippen molar-refractivity contribution in [2.24, 2.45) is 5.73 Å². The zero-order valence-electron chi connectivity index (χ0n) is 14.1. The smallest absolute Gasteiger partial charge is 0.327 e. The Morgan fingerprint density at radius 1 is 1.27 bits per heavy atom. The van der Waals surface area contributed by atoms with Crippen molar-refractivity contribution in [3.63, 3.8) is 0 Å². The normalized spacial score (nSPS) is 14.0. The molecule has 0 radical (unpaired) electrons. The standard InChI is InChI=1S/C14H22N6O5S/c1-7(15)12(22)20-9(2-8-3-16-6-18-8)13(23)17-4-11(21)19-10(5-26)14(24)25/h3,6-7,9-10,26H,2,4-5,15H2,1H3,(H,16,18)(H,17,23)(H,19,21)(H,20,22)(H,24,25). The van der Waals surface area contributed by atoms with Crippen molar-refractivity contribution in [1.29, 1.82) is 0 Å². The third-order valence-electron chi connectivity index (χ3n) is 3.26. The minimum absolute atomic E-state index is 0.0953. The lowest BCUT2D eigenvalue weighted by Gasteiger charge is -2.19. The molecule has 0 bridgehead atoms. The van der Waals surface area contributed by atoms with Gasteiger partial charge in [-0.1, -0.05) is 0 Å². The number of rotatable bonds is 10. The van der Waals surface area contributed by atoms with Gasteiger partial charge in [-0.15, -0.1) is 0 Å². The molecule has 144 valence electrons. The fraction of sp³-hybridized carbons (Fsp3) is 0.500. The molecule has 0 saturated heterocycles. The van der Waals surface area contributed by atoms with E-state index in [9.17, 15) is 19.2 Å². The Morgan fingerprint density at radius 3 is 2.46 bits per heavy atom. The van der Waals surface area contributed by atoms with Crippen molar-refractivity contribution < 1.29 is 24.3 Å². The number of thiol groups is 1. The molecular formula is C14H22N6O5S. The predicted molar refractivity (Wildman–Crippen MR) is 94.3 cm³/mol. The number of aromatic nitrogens is 2. The van der Waals surface area contributed by atoms with Crippen LogP contribution in [-0.4, -0.2) is 69.2 Å². The fourth-order valence-electron chi connectivity index (χ4n) is 1.85. The Balaban J connectivity index is 2.65. The third kappa shape index (κ3) is 7.11. The van der Waals surface area contributed by atoms with E-state index < -0.39 is 48.4 Å². The van der Waals surface area contributed by atoms with E-state index in [0.717, 1.165) is 0 Å². The largest absolute Gasteiger partial charge is 0.480 e. The van der Waals surface area contributed by atoms with E-state index in [1.54, 1.807) is 0 Å². The number of hydrogen-bond acceptors (Lipinski definition) is 7. The number of hydrogen-bond donors (Lipinski definition) is 7. The molecule has 12 heteroatoms. The molecule has 0 aliphatic rings. The Bertz CT molecular complexity index is 636. The molecule has 1 rings (SSSR count). The first-order chi connectivity index (χ1) is 12.2. The zero-order valence-corrected chi connectivity index (χ0v) is 15.0. The highest BCUT2D eigenvalue weighted by Crippen LogP contribution is 1.99. The van der Waals surface area contributed by atoms with Gasteiger partial charge in [0.15, 0.2) is 0 Å². The van der Waals surface area contributed by atoms with Gasteiger partial charge >= 0.3 is 5.97 Å². The molecule has 0 aromatic carbocycles. The summed E-state index contributed by atoms with van der Waals surface area (Å²) in [5.41, 5.74) is 6.09. The number of aromatic amines is 1. The van der Waals surface area contributed by atoms with E-state index in [4.69, 9.17) is 10.8 Å². The van der Waals surface area contributed by atoms with Gasteiger partial charge in [-0.3, -0.25) is 14.4 Å². The van der Waals surface area contributed by atoms with Gasteiger partial charge in [-0.2, -0.15) is 12.6 Å². The second-order valence-corrected chi connectivity index (χ2v) is 5.85. The second kappa shape index (κ2) is 10.4. The number of nitrogens with one attached hydrogen (secondary N) is 4. The predicted octanol–water partition coefficient (Wildman–Crippen LogP) is -2.60. The topological polar surface area (TPSA) is 179 Å². The number of aliphatic carboxylic acids is 1. The summed E-state index contributed by atoms with van der Waals surface area (Å²) in [5.74, 6) is -3.18. The summed E-state index contributed by atoms with van der Waals surface area (Å²) in [6.07, 6.45) is 3.03. The molecule has 0 saturated carbocycles. The number of carboxylic acid groups (broad SMARTS) is 1. The van der Waals surface area contributed by atoms with Crippen LogP contribution in [0.5, 0.6) is 0 Å². The molecule has 3 atom stereocenters. The van der Waals surface area contributed by atoms with Gasteiger partial charge in [0.05, 0.1) is 18.9 Å². The first kappa shape index (κ1) is 21.4. The molecule has 7 N–H and O–H groups in total. The van der Waals surface area contributed by atoms with E-state index in [1.165, 1.54) is 19.4 Å². The summed E-state index contributed by atoms with van der Waals surface area (Å²) in [5, 5.41) is 15.9. The van der Waals surface area contributed by atoms with Crippen LogP contribution in [0.1, 0.15) is 12.6 Å². The van der Waals surface area contributed by atoms with E-state index in [-0.39, 0.29) is 12.2 Å². The van der Waals surface area contributed by atoms with Crippen LogP contribution < -0.4 is 21.7 Å². The maximum atomic E-state index is 12.3. The fourth-order valence-corrected chi connectivity index (χ4v) is 2.10. The Labute approximate surface area is 154 Å². The van der Waals surface area contributed by atoms with Crippen LogP contribution in [0.25, 0.3) is 0 Å². The summed E-state index contributed by atoms with van der Waals surface area (Å²) in [6, 6.07) is -2.97. The Morgan fingerprint density at radius 2 is 1.96 bits per heavy atom. The summed E-state index contributed by atoms with van der Waals surface area (Å²) >= 11 is 3.83. The average molecular weight is 386 g/mol. The molecule has 1 aromatic heterocycles. The number of nitrogens with two attached hydrogens (primary N) is 1. The monoisotopic (exact) mass is 386 g/mol. The van der Waals surface area contributed by atoms with Crippen LogP contribution in [0.15, 0.2) is 12.5 Å². The quantitative estimate of drug-likeness (QED) is 0.215. The minimum Gasteiger partial charge on any atom is -0.480 e. The first-order valence-electron chi connectivity index (χ1n) is 7.68. The molecule has 3 unspecified atom stereocenters. The Hall–Kier alpha value is -2.60. The molecule has 0 aliphatic carbocycles. The molecular weight excluding hydrogens is 364 g/mol. The number of H-pyrrole nitrogens is 1. The maximum Gasteiger partial charge on any atom is 0.327 e. The van der Waals surface area contributed by atoms with E-state index in [0.29, 0.717) is 5.69 Å². The number of nitrogens with zero attached hydrogens (tertiary/aromatic N) is 1. The lowest BCUT2D eigenvalue weighted by Crippen LogP contribution is -2.54. The lowest BCUT2D eigenvalue weighted by atomic mass is 10.1. The minimum atomic E-state index is -1.24. The van der Waals surface area contributed by atoms with Crippen molar-refractivity contribution in [2.45, 2.75) is 31.5 Å². The van der Waals surface area contributed by atoms with Crippen LogP contribution in [0, 0.1) is 0 Å². The Kier molecular flexibility index (Phi) is 8.58. The van der Waals surface area contributed by atoms with Crippen molar-refractivity contribution in [3.05, 3.63) is 18.2 Å². The van der Waals surface area contributed by atoms with Crippen LogP contribution in [0.2, 0.25) is 0 Å². The number of carboxylic acids is 1. The van der Waals surface area contributed by atoms with Crippen molar-refractivity contribution in [2.75, 3.05) is 12.3 Å². The zero-order chi connectivity index (χ0) is 19.7. The van der Waals surface area contributed by atoms with Crippen molar-refractivity contribution in [1.82, 2.24) is 25.9 Å². The lowest BCUT2D eigenvalue weighted by molar-refractivity contribution is -0.141. The molecule has 0 fully saturated rings. The van der Waals surface area contributed by atoms with Gasteiger partial charge in [-0.05, 0) is 6.92 Å². The van der Waals surface area contributed by atoms with Crippen LogP contribution in [0.3, 0.4) is 0 Å². The summed E-state index contributed by atoms with van der Waals surface area (Å²) in [7, 11) is 0. The maximum absolute atomic E-state index is 12.3. The first-order valence-corrected chi connectivity index (χ1v) is 8.31.